The van der Waals surface area contributed by atoms with Crippen molar-refractivity contribution in [3.63, 3.8) is 0 Å². The van der Waals surface area contributed by atoms with Crippen LogP contribution in [0.4, 0.5) is 5.69 Å². The van der Waals surface area contributed by atoms with Gasteiger partial charge in [0.15, 0.2) is 0 Å². The highest BCUT2D eigenvalue weighted by Crippen LogP contribution is 2.18. The fourth-order valence-corrected chi connectivity index (χ4v) is 1.25. The molecule has 1 aromatic rings. The third-order valence-corrected chi connectivity index (χ3v) is 2.10. The Bertz CT molecular complexity index is 549. The number of non-ortho nitro benzene ring substituents is 1. The van der Waals surface area contributed by atoms with Gasteiger partial charge < -0.3 is 9.84 Å². The number of rotatable bonds is 5. The Hall–Kier alpha value is -2.70. The van der Waals surface area contributed by atoms with Gasteiger partial charge in [-0.1, -0.05) is 12.1 Å². The van der Waals surface area contributed by atoms with Crippen molar-refractivity contribution in [3.8, 4) is 0 Å². The summed E-state index contributed by atoms with van der Waals surface area (Å²) in [6, 6.07) is 5.05. The maximum atomic E-state index is 11.3. The lowest BCUT2D eigenvalue weighted by Crippen LogP contribution is -2.15. The largest absolute Gasteiger partial charge is 0.507 e. The average molecular weight is 265 g/mol. The minimum atomic E-state index is -1.10. The minimum absolute atomic E-state index is 0.0377. The second kappa shape index (κ2) is 6.29. The molecule has 0 unspecified atom stereocenters. The van der Waals surface area contributed by atoms with E-state index in [-0.39, 0.29) is 17.9 Å². The van der Waals surface area contributed by atoms with Gasteiger partial charge in [-0.3, -0.25) is 14.9 Å². The van der Waals surface area contributed by atoms with Crippen LogP contribution in [0.2, 0.25) is 0 Å². The predicted molar refractivity (Wildman–Crippen MR) is 65.3 cm³/mol. The van der Waals surface area contributed by atoms with E-state index in [2.05, 4.69) is 4.74 Å². The zero-order valence-electron chi connectivity index (χ0n) is 10.0. The van der Waals surface area contributed by atoms with Crippen molar-refractivity contribution in [2.75, 3.05) is 6.61 Å². The van der Waals surface area contributed by atoms with Gasteiger partial charge in [-0.25, -0.2) is 4.79 Å². The van der Waals surface area contributed by atoms with Crippen molar-refractivity contribution in [2.24, 2.45) is 0 Å². The van der Waals surface area contributed by atoms with Crippen molar-refractivity contribution in [1.29, 1.82) is 0 Å². The molecule has 0 aliphatic rings. The van der Waals surface area contributed by atoms with E-state index in [4.69, 9.17) is 0 Å². The molecule has 0 fully saturated rings. The van der Waals surface area contributed by atoms with E-state index in [1.165, 1.54) is 25.1 Å². The molecular formula is C12H11NO6. The van der Waals surface area contributed by atoms with E-state index in [9.17, 15) is 24.8 Å². The molecule has 1 aromatic carbocycles. The van der Waals surface area contributed by atoms with Crippen LogP contribution in [-0.4, -0.2) is 28.4 Å². The van der Waals surface area contributed by atoms with Crippen molar-refractivity contribution in [1.82, 2.24) is 0 Å². The van der Waals surface area contributed by atoms with E-state index in [1.807, 2.05) is 0 Å². The highest BCUT2D eigenvalue weighted by atomic mass is 16.6. The number of benzene rings is 1. The van der Waals surface area contributed by atoms with E-state index in [1.54, 1.807) is 0 Å². The highest BCUT2D eigenvalue weighted by molar-refractivity contribution is 6.39. The zero-order valence-corrected chi connectivity index (χ0v) is 10.0. The molecule has 0 heterocycles. The molecule has 0 saturated carbocycles. The molecule has 0 spiro atoms. The van der Waals surface area contributed by atoms with Gasteiger partial charge in [-0.2, -0.15) is 0 Å². The Balaban J connectivity index is 2.96. The van der Waals surface area contributed by atoms with Crippen LogP contribution in [0.3, 0.4) is 0 Å². The molecular weight excluding hydrogens is 254 g/mol. The zero-order chi connectivity index (χ0) is 14.4. The van der Waals surface area contributed by atoms with Gasteiger partial charge in [-0.15, -0.1) is 0 Å². The quantitative estimate of drug-likeness (QED) is 0.216. The standard InChI is InChI=1S/C12H11NO6/c1-2-19-12(16)11(15)7-10(14)8-4-3-5-9(6-8)13(17)18/h3-7,14H,2H2,1H3/b10-7+. The number of ether oxygens (including phenoxy) is 1. The lowest BCUT2D eigenvalue weighted by Gasteiger charge is -2.00. The maximum absolute atomic E-state index is 11.3. The second-order valence-electron chi connectivity index (χ2n) is 3.42. The van der Waals surface area contributed by atoms with Gasteiger partial charge in [0.25, 0.3) is 11.5 Å². The Morgan fingerprint density at radius 2 is 2.16 bits per heavy atom. The Morgan fingerprint density at radius 1 is 1.47 bits per heavy atom. The summed E-state index contributed by atoms with van der Waals surface area (Å²) in [6.45, 7) is 1.57. The van der Waals surface area contributed by atoms with Crippen LogP contribution in [0, 0.1) is 10.1 Å². The van der Waals surface area contributed by atoms with Crippen LogP contribution in [0.5, 0.6) is 0 Å². The van der Waals surface area contributed by atoms with E-state index >= 15 is 0 Å². The van der Waals surface area contributed by atoms with Gasteiger partial charge in [0, 0.05) is 23.8 Å². The van der Waals surface area contributed by atoms with Crippen molar-refractivity contribution in [3.05, 3.63) is 46.0 Å². The summed E-state index contributed by atoms with van der Waals surface area (Å²) in [7, 11) is 0. The molecule has 1 rings (SSSR count). The van der Waals surface area contributed by atoms with Crippen molar-refractivity contribution < 1.29 is 24.4 Å². The molecule has 0 aromatic heterocycles. The number of nitro benzene ring substituents is 1. The molecule has 0 radical (unpaired) electrons. The number of hydrogen-bond acceptors (Lipinski definition) is 6. The third kappa shape index (κ3) is 3.91. The fourth-order valence-electron chi connectivity index (χ4n) is 1.25. The first-order valence-corrected chi connectivity index (χ1v) is 5.32. The van der Waals surface area contributed by atoms with Crippen LogP contribution in [0.25, 0.3) is 5.76 Å². The van der Waals surface area contributed by atoms with E-state index in [0.29, 0.717) is 6.08 Å². The van der Waals surface area contributed by atoms with E-state index < -0.39 is 22.4 Å². The highest BCUT2D eigenvalue weighted by Gasteiger charge is 2.15. The molecule has 100 valence electrons. The molecule has 0 atom stereocenters. The van der Waals surface area contributed by atoms with Gasteiger partial charge >= 0.3 is 5.97 Å². The van der Waals surface area contributed by atoms with Crippen LogP contribution in [0.1, 0.15) is 12.5 Å². The second-order valence-corrected chi connectivity index (χ2v) is 3.42. The number of hydrogen-bond donors (Lipinski definition) is 1. The van der Waals surface area contributed by atoms with Crippen molar-refractivity contribution >= 4 is 23.2 Å². The number of aliphatic hydroxyl groups excluding tert-OH is 1. The lowest BCUT2D eigenvalue weighted by molar-refractivity contribution is -0.384. The summed E-state index contributed by atoms with van der Waals surface area (Å²) >= 11 is 0. The topological polar surface area (TPSA) is 107 Å². The van der Waals surface area contributed by atoms with Gasteiger partial charge in [0.05, 0.1) is 11.5 Å². The first kappa shape index (κ1) is 14.4. The van der Waals surface area contributed by atoms with Crippen molar-refractivity contribution in [2.45, 2.75) is 6.92 Å². The number of esters is 1. The number of aliphatic hydroxyl groups is 1. The third-order valence-electron chi connectivity index (χ3n) is 2.10. The molecule has 0 aliphatic carbocycles. The normalized spacial score (nSPS) is 10.9. The number of carbonyl (C=O) groups excluding carboxylic acids is 2. The molecule has 7 heteroatoms. The first-order valence-electron chi connectivity index (χ1n) is 5.32. The number of ketones is 1. The van der Waals surface area contributed by atoms with Gasteiger partial charge in [0.1, 0.15) is 5.76 Å². The molecule has 0 saturated heterocycles. The number of nitrogens with zero attached hydrogens (tertiary/aromatic N) is 1. The summed E-state index contributed by atoms with van der Waals surface area (Å²) in [6.07, 6.45) is 0.664. The molecule has 0 bridgehead atoms. The van der Waals surface area contributed by atoms with Crippen LogP contribution >= 0.6 is 0 Å². The molecule has 0 aliphatic heterocycles. The number of nitro groups is 1. The molecule has 1 N–H and O–H groups in total. The summed E-state index contributed by atoms with van der Waals surface area (Å²) < 4.78 is 4.45. The van der Waals surface area contributed by atoms with Gasteiger partial charge in [-0.05, 0) is 6.92 Å². The minimum Gasteiger partial charge on any atom is -0.507 e. The predicted octanol–water partition coefficient (Wildman–Crippen LogP) is 1.63. The summed E-state index contributed by atoms with van der Waals surface area (Å²) in [4.78, 5) is 32.3. The molecule has 0 amide bonds. The Morgan fingerprint density at radius 3 is 2.74 bits per heavy atom. The number of carbonyl (C=O) groups is 2. The van der Waals surface area contributed by atoms with Crippen LogP contribution in [-0.2, 0) is 14.3 Å². The Kier molecular flexibility index (Phi) is 4.76. The smallest absolute Gasteiger partial charge is 0.379 e. The Labute approximate surface area is 108 Å². The summed E-state index contributed by atoms with van der Waals surface area (Å²) in [5, 5.41) is 20.2. The van der Waals surface area contributed by atoms with Gasteiger partial charge in [0.2, 0.25) is 0 Å². The maximum Gasteiger partial charge on any atom is 0.379 e. The first-order chi connectivity index (χ1) is 8.95. The fraction of sp³-hybridized carbons (Fsp3) is 0.167. The van der Waals surface area contributed by atoms with Crippen LogP contribution in [0.15, 0.2) is 30.3 Å². The molecule has 19 heavy (non-hydrogen) atoms. The van der Waals surface area contributed by atoms with Crippen LogP contribution < -0.4 is 0 Å². The van der Waals surface area contributed by atoms with E-state index in [0.717, 1.165) is 6.07 Å². The molecule has 7 nitrogen and oxygen atoms in total. The SMILES string of the molecule is CCOC(=O)C(=O)/C=C(/O)c1cccc([N+](=O)[O-])c1. The lowest BCUT2D eigenvalue weighted by atomic mass is 10.1. The monoisotopic (exact) mass is 265 g/mol. The summed E-state index contributed by atoms with van der Waals surface area (Å²) in [5.74, 6) is -2.67. The summed E-state index contributed by atoms with van der Waals surface area (Å²) in [5.41, 5.74) is -0.173. The average Bonchev–Trinajstić information content (AvgIpc) is 2.39.